The highest BCUT2D eigenvalue weighted by Gasteiger charge is 2.24. The summed E-state index contributed by atoms with van der Waals surface area (Å²) in [5.41, 5.74) is 5.42. The first-order valence-corrected chi connectivity index (χ1v) is 2.88. The molecule has 2 atom stereocenters. The van der Waals surface area contributed by atoms with Crippen LogP contribution in [-0.4, -0.2) is 18.2 Å². The summed E-state index contributed by atoms with van der Waals surface area (Å²) in [5.74, 6) is 0. The van der Waals surface area contributed by atoms with E-state index in [4.69, 9.17) is 22.1 Å². The molecule has 8 heavy (non-hydrogen) atoms. The maximum absolute atomic E-state index is 5.71. The molecule has 2 N–H and O–H groups in total. The van der Waals surface area contributed by atoms with E-state index in [0.29, 0.717) is 0 Å². The molecule has 2 nitrogen and oxygen atoms in total. The maximum Gasteiger partial charge on any atom is 0.153 e. The number of methoxy groups -OCH3 is 1. The molecule has 0 radical (unpaired) electrons. The van der Waals surface area contributed by atoms with Gasteiger partial charge in [-0.05, 0) is 13.8 Å². The van der Waals surface area contributed by atoms with Gasteiger partial charge in [0.25, 0.3) is 0 Å². The zero-order chi connectivity index (χ0) is 6.78. The standard InChI is InChI=1S/C5H12ClNO/c1-4(7)5(2,6)8-3/h4H,7H2,1-3H3/t4-,5?/m1/s1. The summed E-state index contributed by atoms with van der Waals surface area (Å²) in [5, 5.41) is -0.708. The van der Waals surface area contributed by atoms with Crippen LogP contribution in [0.5, 0.6) is 0 Å². The van der Waals surface area contributed by atoms with Crippen LogP contribution in [0.25, 0.3) is 0 Å². The van der Waals surface area contributed by atoms with Crippen LogP contribution in [0.3, 0.4) is 0 Å². The van der Waals surface area contributed by atoms with Crippen LogP contribution in [-0.2, 0) is 4.74 Å². The smallest absolute Gasteiger partial charge is 0.153 e. The molecule has 0 bridgehead atoms. The topological polar surface area (TPSA) is 35.2 Å². The fraction of sp³-hybridized carbons (Fsp3) is 1.00. The van der Waals surface area contributed by atoms with Gasteiger partial charge in [0.2, 0.25) is 0 Å². The lowest BCUT2D eigenvalue weighted by atomic mass is 10.2. The quantitative estimate of drug-likeness (QED) is 0.575. The van der Waals surface area contributed by atoms with Crippen LogP contribution in [0.2, 0.25) is 0 Å². The SMILES string of the molecule is COC(C)(Cl)[C@@H](C)N. The molecular weight excluding hydrogens is 126 g/mol. The average molecular weight is 138 g/mol. The van der Waals surface area contributed by atoms with Crippen LogP contribution >= 0.6 is 11.6 Å². The molecule has 0 fully saturated rings. The summed E-state index contributed by atoms with van der Waals surface area (Å²) < 4.78 is 4.84. The molecule has 0 aromatic rings. The first kappa shape index (κ1) is 8.21. The minimum absolute atomic E-state index is 0.144. The average Bonchev–Trinajstić information content (AvgIpc) is 1.67. The molecule has 3 heteroatoms. The minimum Gasteiger partial charge on any atom is -0.362 e. The van der Waals surface area contributed by atoms with Crippen molar-refractivity contribution in [3.63, 3.8) is 0 Å². The van der Waals surface area contributed by atoms with Gasteiger partial charge in [0.05, 0.1) is 0 Å². The molecule has 0 saturated carbocycles. The Morgan fingerprint density at radius 2 is 2.12 bits per heavy atom. The number of rotatable bonds is 2. The van der Waals surface area contributed by atoms with Gasteiger partial charge in [0.15, 0.2) is 5.06 Å². The fourth-order valence-corrected chi connectivity index (χ4v) is 0.186. The monoisotopic (exact) mass is 137 g/mol. The Morgan fingerprint density at radius 3 is 2.12 bits per heavy atom. The predicted octanol–water partition coefficient (Wildman–Crippen LogP) is 0.935. The van der Waals surface area contributed by atoms with Crippen LogP contribution in [0.15, 0.2) is 0 Å². The molecular formula is C5H12ClNO. The van der Waals surface area contributed by atoms with Gasteiger partial charge in [0, 0.05) is 13.2 Å². The lowest BCUT2D eigenvalue weighted by molar-refractivity contribution is 0.0623. The minimum atomic E-state index is -0.708. The molecule has 0 aromatic carbocycles. The van der Waals surface area contributed by atoms with E-state index >= 15 is 0 Å². The second-order valence-electron chi connectivity index (χ2n) is 1.98. The second-order valence-corrected chi connectivity index (χ2v) is 2.73. The van der Waals surface area contributed by atoms with E-state index in [1.165, 1.54) is 7.11 Å². The number of halogens is 1. The van der Waals surface area contributed by atoms with Gasteiger partial charge in [-0.25, -0.2) is 0 Å². The third-order valence-corrected chi connectivity index (χ3v) is 1.71. The van der Waals surface area contributed by atoms with Crippen molar-refractivity contribution in [2.24, 2.45) is 5.73 Å². The Morgan fingerprint density at radius 1 is 1.75 bits per heavy atom. The Kier molecular flexibility index (Phi) is 2.74. The van der Waals surface area contributed by atoms with Crippen molar-refractivity contribution in [1.82, 2.24) is 0 Å². The number of ether oxygens (including phenoxy) is 1. The van der Waals surface area contributed by atoms with E-state index in [0.717, 1.165) is 0 Å². The van der Waals surface area contributed by atoms with Gasteiger partial charge in [-0.1, -0.05) is 11.6 Å². The summed E-state index contributed by atoms with van der Waals surface area (Å²) in [6, 6.07) is -0.144. The Bertz CT molecular complexity index is 72.8. The molecule has 0 heterocycles. The summed E-state index contributed by atoms with van der Waals surface area (Å²) in [4.78, 5) is 0. The normalized spacial score (nSPS) is 22.1. The van der Waals surface area contributed by atoms with Gasteiger partial charge < -0.3 is 10.5 Å². The van der Waals surface area contributed by atoms with E-state index in [2.05, 4.69) is 0 Å². The molecule has 0 spiro atoms. The van der Waals surface area contributed by atoms with Gasteiger partial charge in [-0.3, -0.25) is 0 Å². The fourth-order valence-electron chi connectivity index (χ4n) is 0.186. The molecule has 0 rings (SSSR count). The lowest BCUT2D eigenvalue weighted by Crippen LogP contribution is -2.39. The van der Waals surface area contributed by atoms with E-state index in [-0.39, 0.29) is 6.04 Å². The van der Waals surface area contributed by atoms with Crippen molar-refractivity contribution in [2.75, 3.05) is 7.11 Å². The molecule has 0 aromatic heterocycles. The highest BCUT2D eigenvalue weighted by Crippen LogP contribution is 2.17. The van der Waals surface area contributed by atoms with Gasteiger partial charge >= 0.3 is 0 Å². The molecule has 1 unspecified atom stereocenters. The zero-order valence-corrected chi connectivity index (χ0v) is 6.20. The highest BCUT2D eigenvalue weighted by molar-refractivity contribution is 6.23. The van der Waals surface area contributed by atoms with E-state index in [1.807, 2.05) is 0 Å². The van der Waals surface area contributed by atoms with Gasteiger partial charge in [-0.2, -0.15) is 0 Å². The van der Waals surface area contributed by atoms with Crippen LogP contribution in [0, 0.1) is 0 Å². The molecule has 0 saturated heterocycles. The van der Waals surface area contributed by atoms with Gasteiger partial charge in [0.1, 0.15) is 0 Å². The Balaban J connectivity index is 3.71. The van der Waals surface area contributed by atoms with Gasteiger partial charge in [-0.15, -0.1) is 0 Å². The lowest BCUT2D eigenvalue weighted by Gasteiger charge is -2.23. The second kappa shape index (κ2) is 2.67. The van der Waals surface area contributed by atoms with Crippen molar-refractivity contribution >= 4 is 11.6 Å². The molecule has 0 aliphatic rings. The molecule has 0 amide bonds. The van der Waals surface area contributed by atoms with Crippen molar-refractivity contribution in [1.29, 1.82) is 0 Å². The summed E-state index contributed by atoms with van der Waals surface area (Å²) in [6.07, 6.45) is 0. The summed E-state index contributed by atoms with van der Waals surface area (Å²) in [6.45, 7) is 3.54. The highest BCUT2D eigenvalue weighted by atomic mass is 35.5. The number of hydrogen-bond donors (Lipinski definition) is 1. The molecule has 50 valence electrons. The Labute approximate surface area is 55.0 Å². The van der Waals surface area contributed by atoms with E-state index < -0.39 is 5.06 Å². The van der Waals surface area contributed by atoms with Crippen LogP contribution in [0.1, 0.15) is 13.8 Å². The molecule has 0 aliphatic heterocycles. The zero-order valence-electron chi connectivity index (χ0n) is 5.44. The first-order valence-electron chi connectivity index (χ1n) is 2.50. The Hall–Kier alpha value is 0.210. The van der Waals surface area contributed by atoms with Crippen molar-refractivity contribution < 1.29 is 4.74 Å². The summed E-state index contributed by atoms with van der Waals surface area (Å²) >= 11 is 5.71. The number of hydrogen-bond acceptors (Lipinski definition) is 2. The van der Waals surface area contributed by atoms with E-state index in [9.17, 15) is 0 Å². The third kappa shape index (κ3) is 1.99. The number of alkyl halides is 1. The van der Waals surface area contributed by atoms with Crippen molar-refractivity contribution in [3.8, 4) is 0 Å². The first-order chi connectivity index (χ1) is 3.50. The largest absolute Gasteiger partial charge is 0.362 e. The maximum atomic E-state index is 5.71. The number of nitrogens with two attached hydrogens (primary N) is 1. The van der Waals surface area contributed by atoms with Crippen molar-refractivity contribution in [2.45, 2.75) is 24.9 Å². The van der Waals surface area contributed by atoms with Crippen LogP contribution < -0.4 is 5.73 Å². The van der Waals surface area contributed by atoms with Crippen LogP contribution in [0.4, 0.5) is 0 Å². The van der Waals surface area contributed by atoms with Crippen molar-refractivity contribution in [3.05, 3.63) is 0 Å². The van der Waals surface area contributed by atoms with E-state index in [1.54, 1.807) is 13.8 Å². The molecule has 0 aliphatic carbocycles. The third-order valence-electron chi connectivity index (χ3n) is 1.21. The predicted molar refractivity (Wildman–Crippen MR) is 34.9 cm³/mol. The summed E-state index contributed by atoms with van der Waals surface area (Å²) in [7, 11) is 1.54.